The van der Waals surface area contributed by atoms with Crippen molar-refractivity contribution < 1.29 is 48.1 Å². The van der Waals surface area contributed by atoms with E-state index in [1.165, 1.54) is 44.9 Å². The molecule has 140 valence electrons. The van der Waals surface area contributed by atoms with E-state index in [1.54, 1.807) is 0 Å². The van der Waals surface area contributed by atoms with Crippen molar-refractivity contribution in [3.8, 4) is 0 Å². The maximum Gasteiger partial charge on any atom is 1.00 e. The van der Waals surface area contributed by atoms with E-state index >= 15 is 0 Å². The SMILES string of the molecule is CCCCCCCCCCCCOP(=O)([O-])OCCCCCC.[Na+]. The van der Waals surface area contributed by atoms with Crippen molar-refractivity contribution in [1.29, 1.82) is 0 Å². The molecule has 1 unspecified atom stereocenters. The summed E-state index contributed by atoms with van der Waals surface area (Å²) in [7, 11) is -4.07. The number of phosphoric ester groups is 1. The summed E-state index contributed by atoms with van der Waals surface area (Å²) in [6.45, 7) is 4.86. The summed E-state index contributed by atoms with van der Waals surface area (Å²) in [5.74, 6) is 0. The minimum absolute atomic E-state index is 0. The third kappa shape index (κ3) is 21.2. The van der Waals surface area contributed by atoms with Gasteiger partial charge in [-0.15, -0.1) is 0 Å². The van der Waals surface area contributed by atoms with E-state index in [-0.39, 0.29) is 42.8 Å². The van der Waals surface area contributed by atoms with E-state index in [0.717, 1.165) is 44.9 Å². The van der Waals surface area contributed by atoms with Crippen molar-refractivity contribution in [2.45, 2.75) is 104 Å². The maximum atomic E-state index is 11.5. The summed E-state index contributed by atoms with van der Waals surface area (Å²) in [4.78, 5) is 11.5. The van der Waals surface area contributed by atoms with Crippen molar-refractivity contribution in [2.24, 2.45) is 0 Å². The molecule has 0 aromatic carbocycles. The van der Waals surface area contributed by atoms with Gasteiger partial charge in [-0.1, -0.05) is 90.9 Å². The number of phosphoric acid groups is 1. The first-order valence-electron chi connectivity index (χ1n) is 9.72. The first kappa shape index (κ1) is 27.3. The number of unbranched alkanes of at least 4 members (excludes halogenated alkanes) is 12. The average molecular weight is 372 g/mol. The van der Waals surface area contributed by atoms with Gasteiger partial charge in [-0.05, 0) is 12.8 Å². The minimum atomic E-state index is -4.07. The van der Waals surface area contributed by atoms with Gasteiger partial charge >= 0.3 is 29.6 Å². The van der Waals surface area contributed by atoms with Gasteiger partial charge in [-0.2, -0.15) is 0 Å². The zero-order valence-electron chi connectivity index (χ0n) is 16.4. The Balaban J connectivity index is 0. The molecular weight excluding hydrogens is 334 g/mol. The zero-order valence-corrected chi connectivity index (χ0v) is 19.3. The van der Waals surface area contributed by atoms with E-state index in [0.29, 0.717) is 0 Å². The van der Waals surface area contributed by atoms with E-state index in [9.17, 15) is 9.46 Å². The second kappa shape index (κ2) is 20.4. The average Bonchev–Trinajstić information content (AvgIpc) is 2.52. The summed E-state index contributed by atoms with van der Waals surface area (Å²) in [5, 5.41) is 0. The third-order valence-corrected chi connectivity index (χ3v) is 4.99. The van der Waals surface area contributed by atoms with Crippen molar-refractivity contribution in [2.75, 3.05) is 13.2 Å². The van der Waals surface area contributed by atoms with Crippen LogP contribution in [0.2, 0.25) is 0 Å². The van der Waals surface area contributed by atoms with Gasteiger partial charge in [0.1, 0.15) is 0 Å². The second-order valence-electron chi connectivity index (χ2n) is 6.36. The van der Waals surface area contributed by atoms with Crippen LogP contribution in [0.4, 0.5) is 0 Å². The van der Waals surface area contributed by atoms with Gasteiger partial charge in [0, 0.05) is 0 Å². The normalized spacial score (nSPS) is 13.5. The number of rotatable bonds is 18. The topological polar surface area (TPSA) is 58.6 Å². The first-order valence-corrected chi connectivity index (χ1v) is 11.2. The molecule has 0 aliphatic carbocycles. The van der Waals surface area contributed by atoms with Crippen LogP contribution >= 0.6 is 7.82 Å². The molecule has 0 radical (unpaired) electrons. The van der Waals surface area contributed by atoms with Crippen LogP contribution in [0.1, 0.15) is 104 Å². The van der Waals surface area contributed by atoms with Crippen molar-refractivity contribution in [3.05, 3.63) is 0 Å². The van der Waals surface area contributed by atoms with Gasteiger partial charge in [0.05, 0.1) is 13.2 Å². The molecule has 0 heterocycles. The molecule has 0 spiro atoms. The Kier molecular flexibility index (Phi) is 23.3. The Bertz CT molecular complexity index is 290. The Morgan fingerprint density at radius 3 is 1.29 bits per heavy atom. The fourth-order valence-electron chi connectivity index (χ4n) is 2.51. The molecule has 0 aromatic heterocycles. The van der Waals surface area contributed by atoms with E-state index in [4.69, 9.17) is 9.05 Å². The predicted molar refractivity (Wildman–Crippen MR) is 95.5 cm³/mol. The molecule has 1 atom stereocenters. The van der Waals surface area contributed by atoms with Crippen LogP contribution in [0.15, 0.2) is 0 Å². The fourth-order valence-corrected chi connectivity index (χ4v) is 3.29. The Labute approximate surface area is 172 Å². The molecule has 0 aliphatic rings. The van der Waals surface area contributed by atoms with Crippen molar-refractivity contribution in [3.63, 3.8) is 0 Å². The predicted octanol–water partition coefficient (Wildman–Crippen LogP) is 2.99. The van der Waals surface area contributed by atoms with Gasteiger partial charge in [0.25, 0.3) is 7.82 Å². The number of hydrogen-bond acceptors (Lipinski definition) is 4. The molecule has 6 heteroatoms. The van der Waals surface area contributed by atoms with Crippen molar-refractivity contribution >= 4 is 7.82 Å². The third-order valence-electron chi connectivity index (χ3n) is 3.99. The van der Waals surface area contributed by atoms with E-state index in [2.05, 4.69) is 13.8 Å². The first-order chi connectivity index (χ1) is 11.1. The fraction of sp³-hybridized carbons (Fsp3) is 1.00. The Morgan fingerprint density at radius 1 is 0.625 bits per heavy atom. The van der Waals surface area contributed by atoms with Gasteiger partial charge in [-0.3, -0.25) is 4.57 Å². The summed E-state index contributed by atoms with van der Waals surface area (Å²) in [6.07, 6.45) is 16.3. The maximum absolute atomic E-state index is 11.5. The van der Waals surface area contributed by atoms with Crippen LogP contribution in [0.3, 0.4) is 0 Å². The van der Waals surface area contributed by atoms with Gasteiger partial charge < -0.3 is 13.9 Å². The molecule has 0 fully saturated rings. The summed E-state index contributed by atoms with van der Waals surface area (Å²) < 4.78 is 21.2. The molecule has 4 nitrogen and oxygen atoms in total. The monoisotopic (exact) mass is 372 g/mol. The Hall–Kier alpha value is 1.11. The summed E-state index contributed by atoms with van der Waals surface area (Å²) in [6, 6.07) is 0. The standard InChI is InChI=1S/C18H39O4P.Na/c1-3-5-7-9-10-11-12-13-14-16-18-22-23(19,20)21-17-15-8-6-4-2;/h3-18H2,1-2H3,(H,19,20);/q;+1/p-1. The van der Waals surface area contributed by atoms with Crippen LogP contribution in [-0.2, 0) is 13.6 Å². The van der Waals surface area contributed by atoms with Crippen LogP contribution in [-0.4, -0.2) is 13.2 Å². The molecule has 0 aromatic rings. The van der Waals surface area contributed by atoms with Crippen LogP contribution in [0.25, 0.3) is 0 Å². The molecule has 0 saturated carbocycles. The summed E-state index contributed by atoms with van der Waals surface area (Å²) in [5.41, 5.74) is 0. The quantitative estimate of drug-likeness (QED) is 0.211. The molecule has 24 heavy (non-hydrogen) atoms. The zero-order chi connectivity index (χ0) is 17.2. The molecular formula is C18H38NaO4P. The van der Waals surface area contributed by atoms with Crippen LogP contribution < -0.4 is 34.5 Å². The van der Waals surface area contributed by atoms with Gasteiger partial charge in [-0.25, -0.2) is 0 Å². The Morgan fingerprint density at radius 2 is 0.917 bits per heavy atom. The van der Waals surface area contributed by atoms with Crippen molar-refractivity contribution in [1.82, 2.24) is 0 Å². The number of hydrogen-bond donors (Lipinski definition) is 0. The molecule has 0 rings (SSSR count). The minimum Gasteiger partial charge on any atom is -0.756 e. The molecule has 0 bridgehead atoms. The van der Waals surface area contributed by atoms with Gasteiger partial charge in [0.2, 0.25) is 0 Å². The molecule has 0 N–H and O–H groups in total. The van der Waals surface area contributed by atoms with E-state index < -0.39 is 7.82 Å². The smallest absolute Gasteiger partial charge is 0.756 e. The van der Waals surface area contributed by atoms with E-state index in [1.807, 2.05) is 0 Å². The van der Waals surface area contributed by atoms with Crippen LogP contribution in [0, 0.1) is 0 Å². The largest absolute Gasteiger partial charge is 1.00 e. The summed E-state index contributed by atoms with van der Waals surface area (Å²) >= 11 is 0. The molecule has 0 aliphatic heterocycles. The molecule has 0 saturated heterocycles. The van der Waals surface area contributed by atoms with Gasteiger partial charge in [0.15, 0.2) is 0 Å². The van der Waals surface area contributed by atoms with Crippen LogP contribution in [0.5, 0.6) is 0 Å². The second-order valence-corrected chi connectivity index (χ2v) is 7.77. The molecule has 0 amide bonds.